The van der Waals surface area contributed by atoms with Gasteiger partial charge in [-0.25, -0.2) is 0 Å². The summed E-state index contributed by atoms with van der Waals surface area (Å²) in [5, 5.41) is 0. The van der Waals surface area contributed by atoms with Gasteiger partial charge in [-0.3, -0.25) is 0 Å². The number of allylic oxidation sites excluding steroid dienone is 2. The van der Waals surface area contributed by atoms with Crippen LogP contribution in [0.1, 0.15) is 37.3 Å². The van der Waals surface area contributed by atoms with Crippen LogP contribution in [0.4, 0.5) is 0 Å². The molecule has 3 rings (SSSR count). The maximum Gasteiger partial charge on any atom is 0.0140 e. The van der Waals surface area contributed by atoms with Gasteiger partial charge in [-0.15, -0.1) is 0 Å². The summed E-state index contributed by atoms with van der Waals surface area (Å²) in [7, 11) is 0. The molecule has 1 aromatic carbocycles. The minimum absolute atomic E-state index is 0.414. The highest BCUT2D eigenvalue weighted by Gasteiger charge is 2.42. The molecule has 15 heavy (non-hydrogen) atoms. The zero-order valence-corrected chi connectivity index (χ0v) is 9.37. The monoisotopic (exact) mass is 198 g/mol. The summed E-state index contributed by atoms with van der Waals surface area (Å²) in [5.41, 5.74) is 3.56. The predicted molar refractivity (Wildman–Crippen MR) is 64.0 cm³/mol. The van der Waals surface area contributed by atoms with Gasteiger partial charge in [-0.05, 0) is 42.7 Å². The van der Waals surface area contributed by atoms with E-state index in [1.54, 1.807) is 11.1 Å². The molecule has 2 aliphatic carbocycles. The second-order valence-corrected chi connectivity index (χ2v) is 5.03. The van der Waals surface area contributed by atoms with Gasteiger partial charge in [0.15, 0.2) is 0 Å². The summed E-state index contributed by atoms with van der Waals surface area (Å²) in [6.45, 7) is 2.26. The summed E-state index contributed by atoms with van der Waals surface area (Å²) < 4.78 is 0. The number of aryl methyl sites for hydroxylation is 1. The van der Waals surface area contributed by atoms with Crippen molar-refractivity contribution in [3.05, 3.63) is 47.5 Å². The third-order valence-corrected chi connectivity index (χ3v) is 4.21. The molecule has 0 heterocycles. The van der Waals surface area contributed by atoms with Crippen LogP contribution in [0.3, 0.4) is 0 Å². The van der Waals surface area contributed by atoms with E-state index in [1.807, 2.05) is 0 Å². The van der Waals surface area contributed by atoms with Gasteiger partial charge in [0.2, 0.25) is 0 Å². The minimum atomic E-state index is 0.414. The first-order valence-electron chi connectivity index (χ1n) is 6.12. The summed E-state index contributed by atoms with van der Waals surface area (Å²) in [4.78, 5) is 0. The Morgan fingerprint density at radius 2 is 2.20 bits per heavy atom. The zero-order chi connectivity index (χ0) is 10.3. The average molecular weight is 198 g/mol. The second kappa shape index (κ2) is 3.23. The van der Waals surface area contributed by atoms with E-state index in [4.69, 9.17) is 0 Å². The van der Waals surface area contributed by atoms with Gasteiger partial charge < -0.3 is 0 Å². The van der Waals surface area contributed by atoms with Gasteiger partial charge >= 0.3 is 0 Å². The number of fused-ring (bicyclic) bond motifs is 2. The van der Waals surface area contributed by atoms with Crippen LogP contribution in [-0.4, -0.2) is 0 Å². The zero-order valence-electron chi connectivity index (χ0n) is 9.37. The van der Waals surface area contributed by atoms with Crippen LogP contribution in [0.2, 0.25) is 0 Å². The molecule has 0 radical (unpaired) electrons. The van der Waals surface area contributed by atoms with E-state index in [0.29, 0.717) is 5.41 Å². The molecule has 0 amide bonds. The lowest BCUT2D eigenvalue weighted by molar-refractivity contribution is 0.561. The largest absolute Gasteiger partial charge is 0.0845 e. The Morgan fingerprint density at radius 1 is 1.33 bits per heavy atom. The molecule has 0 saturated heterocycles. The van der Waals surface area contributed by atoms with Gasteiger partial charge in [-0.1, -0.05) is 43.3 Å². The molecule has 2 unspecified atom stereocenters. The van der Waals surface area contributed by atoms with Crippen LogP contribution in [0.15, 0.2) is 36.4 Å². The summed E-state index contributed by atoms with van der Waals surface area (Å²) in [6.07, 6.45) is 10.2. The van der Waals surface area contributed by atoms with Crippen molar-refractivity contribution in [2.45, 2.75) is 38.0 Å². The van der Waals surface area contributed by atoms with Crippen molar-refractivity contribution in [2.75, 3.05) is 0 Å². The lowest BCUT2D eigenvalue weighted by Crippen LogP contribution is -2.19. The van der Waals surface area contributed by atoms with Crippen LogP contribution in [-0.2, 0) is 11.8 Å². The fourth-order valence-electron chi connectivity index (χ4n) is 3.40. The fraction of sp³-hybridized carbons (Fsp3) is 0.467. The Morgan fingerprint density at radius 3 is 2.80 bits per heavy atom. The molecular weight excluding hydrogens is 180 g/mol. The maximum atomic E-state index is 2.48. The Labute approximate surface area is 92.0 Å². The van der Waals surface area contributed by atoms with Crippen molar-refractivity contribution in [3.8, 4) is 0 Å². The van der Waals surface area contributed by atoms with Gasteiger partial charge in [0.05, 0.1) is 0 Å². The molecule has 2 atom stereocenters. The SMILES string of the molecule is CCc1ccccc1C12C=CC(CC1)C2. The minimum Gasteiger partial charge on any atom is -0.0845 e. The smallest absolute Gasteiger partial charge is 0.0140 e. The van der Waals surface area contributed by atoms with Crippen LogP contribution in [0, 0.1) is 5.92 Å². The van der Waals surface area contributed by atoms with Crippen molar-refractivity contribution < 1.29 is 0 Å². The molecule has 1 saturated carbocycles. The highest BCUT2D eigenvalue weighted by Crippen LogP contribution is 2.51. The van der Waals surface area contributed by atoms with Crippen LogP contribution < -0.4 is 0 Å². The van der Waals surface area contributed by atoms with Crippen LogP contribution >= 0.6 is 0 Å². The van der Waals surface area contributed by atoms with E-state index >= 15 is 0 Å². The molecule has 1 aromatic rings. The van der Waals surface area contributed by atoms with Gasteiger partial charge in [-0.2, -0.15) is 0 Å². The normalized spacial score (nSPS) is 32.5. The van der Waals surface area contributed by atoms with E-state index < -0.39 is 0 Å². The van der Waals surface area contributed by atoms with Crippen molar-refractivity contribution in [3.63, 3.8) is 0 Å². The summed E-state index contributed by atoms with van der Waals surface area (Å²) in [5.74, 6) is 0.870. The van der Waals surface area contributed by atoms with Crippen molar-refractivity contribution in [2.24, 2.45) is 5.92 Å². The highest BCUT2D eigenvalue weighted by molar-refractivity contribution is 5.42. The molecular formula is C15H18. The molecule has 0 spiro atoms. The molecule has 0 aromatic heterocycles. The standard InChI is InChI=1S/C15H18/c1-2-13-5-3-4-6-14(13)15-9-7-12(11-15)8-10-15/h3-7,9,12H,2,8,10-11H2,1H3. The average Bonchev–Trinajstić information content (AvgIpc) is 2.90. The van der Waals surface area contributed by atoms with E-state index in [-0.39, 0.29) is 0 Å². The maximum absolute atomic E-state index is 2.48. The first kappa shape index (κ1) is 9.21. The fourth-order valence-corrected chi connectivity index (χ4v) is 3.40. The first-order chi connectivity index (χ1) is 7.34. The molecule has 78 valence electrons. The van der Waals surface area contributed by atoms with Crippen molar-refractivity contribution in [1.82, 2.24) is 0 Å². The van der Waals surface area contributed by atoms with Crippen molar-refractivity contribution >= 4 is 0 Å². The van der Waals surface area contributed by atoms with E-state index in [0.717, 1.165) is 12.3 Å². The third kappa shape index (κ3) is 1.27. The lowest BCUT2D eigenvalue weighted by Gasteiger charge is -2.26. The molecule has 0 N–H and O–H groups in total. The van der Waals surface area contributed by atoms with Gasteiger partial charge in [0.1, 0.15) is 0 Å². The van der Waals surface area contributed by atoms with E-state index in [9.17, 15) is 0 Å². The lowest BCUT2D eigenvalue weighted by atomic mass is 9.77. The number of benzene rings is 1. The van der Waals surface area contributed by atoms with Crippen molar-refractivity contribution in [1.29, 1.82) is 0 Å². The molecule has 1 fully saturated rings. The quantitative estimate of drug-likeness (QED) is 0.633. The van der Waals surface area contributed by atoms with E-state index in [1.165, 1.54) is 19.3 Å². The molecule has 0 heteroatoms. The number of hydrogen-bond donors (Lipinski definition) is 0. The number of rotatable bonds is 2. The summed E-state index contributed by atoms with van der Waals surface area (Å²) in [6, 6.07) is 9.01. The van der Waals surface area contributed by atoms with Gasteiger partial charge in [0, 0.05) is 5.41 Å². The Hall–Kier alpha value is -1.04. The molecule has 0 nitrogen and oxygen atoms in total. The highest BCUT2D eigenvalue weighted by atomic mass is 14.5. The Kier molecular flexibility index (Phi) is 1.98. The third-order valence-electron chi connectivity index (χ3n) is 4.21. The second-order valence-electron chi connectivity index (χ2n) is 5.03. The van der Waals surface area contributed by atoms with Crippen LogP contribution in [0.5, 0.6) is 0 Å². The van der Waals surface area contributed by atoms with Gasteiger partial charge in [0.25, 0.3) is 0 Å². The van der Waals surface area contributed by atoms with Crippen LogP contribution in [0.25, 0.3) is 0 Å². The van der Waals surface area contributed by atoms with E-state index in [2.05, 4.69) is 43.3 Å². The Bertz CT molecular complexity index is 402. The first-order valence-corrected chi connectivity index (χ1v) is 6.12. The Balaban J connectivity index is 2.09. The molecule has 2 aliphatic rings. The molecule has 2 bridgehead atoms. The topological polar surface area (TPSA) is 0 Å². The summed E-state index contributed by atoms with van der Waals surface area (Å²) >= 11 is 0. The predicted octanol–water partition coefficient (Wildman–Crippen LogP) is 3.86. The number of hydrogen-bond acceptors (Lipinski definition) is 0. The molecule has 0 aliphatic heterocycles.